The number of carbonyl (C=O) groups excluding carboxylic acids is 2. The van der Waals surface area contributed by atoms with Crippen molar-refractivity contribution in [3.8, 4) is 0 Å². The minimum Gasteiger partial charge on any atom is -0.445 e. The molecule has 19 heavy (non-hydrogen) atoms. The average molecular weight is 263 g/mol. The number of unbranched alkanes of at least 4 members (excludes halogenated alkanes) is 1. The maximum atomic E-state index is 11.3. The molecule has 2 N–H and O–H groups in total. The van der Waals surface area contributed by atoms with Gasteiger partial charge in [-0.1, -0.05) is 30.3 Å². The Morgan fingerprint density at radius 3 is 2.74 bits per heavy atom. The van der Waals surface area contributed by atoms with E-state index in [1.165, 1.54) is 0 Å². The summed E-state index contributed by atoms with van der Waals surface area (Å²) >= 11 is 0. The summed E-state index contributed by atoms with van der Waals surface area (Å²) in [6.45, 7) is 0.756. The lowest BCUT2D eigenvalue weighted by molar-refractivity contribution is -0.109. The van der Waals surface area contributed by atoms with Crippen LogP contribution in [-0.4, -0.2) is 25.0 Å². The predicted molar refractivity (Wildman–Crippen MR) is 71.4 cm³/mol. The lowest BCUT2D eigenvalue weighted by atomic mass is 10.1. The Bertz CT molecular complexity index is 382. The van der Waals surface area contributed by atoms with E-state index in [0.29, 0.717) is 19.3 Å². The summed E-state index contributed by atoms with van der Waals surface area (Å²) in [6.07, 6.45) is 2.20. The molecule has 0 aliphatic carbocycles. The first-order chi connectivity index (χ1) is 9.22. The van der Waals surface area contributed by atoms with E-state index in [1.807, 2.05) is 30.3 Å². The lowest BCUT2D eigenvalue weighted by Crippen LogP contribution is -2.25. The van der Waals surface area contributed by atoms with Crippen LogP contribution in [0, 0.1) is 0 Å². The van der Waals surface area contributed by atoms with Crippen LogP contribution in [-0.2, 0) is 16.1 Å². The molecule has 0 spiro atoms. The van der Waals surface area contributed by atoms with Crippen molar-refractivity contribution in [1.82, 2.24) is 11.1 Å². The maximum absolute atomic E-state index is 11.3. The summed E-state index contributed by atoms with van der Waals surface area (Å²) in [6, 6.07) is 8.82. The second kappa shape index (κ2) is 9.10. The number of rotatable bonds is 8. The second-order valence-corrected chi connectivity index (χ2v) is 4.23. The quantitative estimate of drug-likeness (QED) is 0.575. The van der Waals surface area contributed by atoms with Crippen molar-refractivity contribution in [3.05, 3.63) is 35.9 Å². The third-order valence-corrected chi connectivity index (χ3v) is 2.59. The van der Waals surface area contributed by atoms with Gasteiger partial charge in [0.25, 0.3) is 0 Å². The van der Waals surface area contributed by atoms with Gasteiger partial charge in [0.2, 0.25) is 0 Å². The summed E-state index contributed by atoms with van der Waals surface area (Å²) in [4.78, 5) is 21.6. The molecule has 0 saturated carbocycles. The lowest BCUT2D eigenvalue weighted by Gasteiger charge is -2.07. The number of alkyl carbamates (subject to hydrolysis) is 1. The number of amides is 1. The fourth-order valence-corrected chi connectivity index (χ4v) is 1.52. The fraction of sp³-hybridized carbons (Fsp3) is 0.429. The minimum atomic E-state index is -0.648. The predicted octanol–water partition coefficient (Wildman–Crippen LogP) is 1.93. The van der Waals surface area contributed by atoms with E-state index in [4.69, 9.17) is 10.5 Å². The molecule has 0 bridgehead atoms. The molecule has 0 aliphatic heterocycles. The van der Waals surface area contributed by atoms with Crippen LogP contribution in [0.15, 0.2) is 30.3 Å². The fourth-order valence-electron chi connectivity index (χ4n) is 1.52. The molecule has 5 heteroatoms. The molecule has 5 nitrogen and oxygen atoms in total. The Morgan fingerprint density at radius 2 is 2.05 bits per heavy atom. The first-order valence-corrected chi connectivity index (χ1v) is 6.33. The maximum Gasteiger partial charge on any atom is 0.407 e. The smallest absolute Gasteiger partial charge is 0.407 e. The molecule has 0 saturated heterocycles. The zero-order valence-corrected chi connectivity index (χ0v) is 10.8. The highest BCUT2D eigenvalue weighted by Gasteiger charge is 2.03. The van der Waals surface area contributed by atoms with E-state index in [-0.39, 0.29) is 6.61 Å². The number of ether oxygens (including phenoxy) is 1. The van der Waals surface area contributed by atoms with E-state index >= 15 is 0 Å². The Balaban J connectivity index is 2.04. The number of benzene rings is 1. The average Bonchev–Trinajstić information content (AvgIpc) is 2.45. The van der Waals surface area contributed by atoms with Crippen molar-refractivity contribution in [1.29, 1.82) is 0 Å². The third kappa shape index (κ3) is 7.21. The van der Waals surface area contributed by atoms with Crippen LogP contribution in [0.25, 0.3) is 0 Å². The molecule has 0 aromatic heterocycles. The molecule has 1 unspecified atom stereocenters. The van der Waals surface area contributed by atoms with E-state index in [9.17, 15) is 9.59 Å². The molecule has 0 fully saturated rings. The largest absolute Gasteiger partial charge is 0.445 e. The number of aldehydes is 1. The van der Waals surface area contributed by atoms with E-state index < -0.39 is 12.1 Å². The van der Waals surface area contributed by atoms with E-state index in [2.05, 4.69) is 5.32 Å². The summed E-state index contributed by atoms with van der Waals surface area (Å²) in [5.74, 6) is 0. The number of hydrogen-bond acceptors (Lipinski definition) is 3. The molecular weight excluding hydrogens is 244 g/mol. The van der Waals surface area contributed by atoms with Gasteiger partial charge in [0.1, 0.15) is 12.9 Å². The molecule has 0 heterocycles. The van der Waals surface area contributed by atoms with Crippen molar-refractivity contribution in [2.45, 2.75) is 31.9 Å². The van der Waals surface area contributed by atoms with Crippen LogP contribution in [0.5, 0.6) is 0 Å². The summed E-state index contributed by atoms with van der Waals surface area (Å²) in [7, 11) is 0. The first kappa shape index (κ1) is 15.2. The van der Waals surface area contributed by atoms with E-state index in [0.717, 1.165) is 18.4 Å². The molecule has 1 aromatic carbocycles. The van der Waals surface area contributed by atoms with Gasteiger partial charge in [-0.15, -0.1) is 0 Å². The molecule has 1 amide bonds. The highest BCUT2D eigenvalue weighted by molar-refractivity contribution is 5.67. The summed E-state index contributed by atoms with van der Waals surface area (Å²) in [5, 5.41) is 2.63. The van der Waals surface area contributed by atoms with Gasteiger partial charge in [-0.2, -0.15) is 0 Å². The van der Waals surface area contributed by atoms with E-state index in [1.54, 1.807) is 0 Å². The van der Waals surface area contributed by atoms with Gasteiger partial charge in [-0.3, -0.25) is 0 Å². The van der Waals surface area contributed by atoms with Crippen molar-refractivity contribution >= 4 is 12.4 Å². The van der Waals surface area contributed by atoms with Gasteiger partial charge in [0.15, 0.2) is 0 Å². The number of carbonyl (C=O) groups is 2. The molecule has 103 valence electrons. The van der Waals surface area contributed by atoms with Gasteiger partial charge in [0.05, 0.1) is 6.04 Å². The zero-order valence-electron chi connectivity index (χ0n) is 10.8. The molecular formula is C14H19N2O3. The highest BCUT2D eigenvalue weighted by atomic mass is 16.5. The zero-order chi connectivity index (χ0) is 13.9. The SMILES string of the molecule is [NH]C(C=O)CCCCNC(=O)OCc1ccccc1. The van der Waals surface area contributed by atoms with Crippen LogP contribution in [0.1, 0.15) is 24.8 Å². The molecule has 1 atom stereocenters. The standard InChI is InChI=1S/C14H19N2O3/c15-13(10-17)8-4-5-9-16-14(18)19-11-12-6-2-1-3-7-12/h1-3,6-7,10,13,15H,4-5,8-9,11H2,(H,16,18). The minimum absolute atomic E-state index is 0.257. The van der Waals surface area contributed by atoms with Gasteiger partial charge in [-0.25, -0.2) is 10.5 Å². The van der Waals surface area contributed by atoms with Crippen LogP contribution in [0.3, 0.4) is 0 Å². The van der Waals surface area contributed by atoms with Crippen molar-refractivity contribution < 1.29 is 14.3 Å². The highest BCUT2D eigenvalue weighted by Crippen LogP contribution is 2.01. The van der Waals surface area contributed by atoms with Gasteiger partial charge in [-0.05, 0) is 24.8 Å². The normalized spacial score (nSPS) is 11.6. The molecule has 1 aromatic rings. The Morgan fingerprint density at radius 1 is 1.32 bits per heavy atom. The van der Waals surface area contributed by atoms with Gasteiger partial charge >= 0.3 is 6.09 Å². The van der Waals surface area contributed by atoms with Crippen LogP contribution < -0.4 is 11.1 Å². The second-order valence-electron chi connectivity index (χ2n) is 4.23. The number of nitrogens with one attached hydrogen (secondary N) is 2. The first-order valence-electron chi connectivity index (χ1n) is 6.33. The van der Waals surface area contributed by atoms with Crippen LogP contribution >= 0.6 is 0 Å². The summed E-state index contributed by atoms with van der Waals surface area (Å²) < 4.78 is 5.03. The van der Waals surface area contributed by atoms with Crippen molar-refractivity contribution in [3.63, 3.8) is 0 Å². The van der Waals surface area contributed by atoms with Gasteiger partial charge < -0.3 is 14.8 Å². The summed E-state index contributed by atoms with van der Waals surface area (Å²) in [5.41, 5.74) is 8.17. The van der Waals surface area contributed by atoms with Crippen LogP contribution in [0.2, 0.25) is 0 Å². The molecule has 1 rings (SSSR count). The topological polar surface area (TPSA) is 79.2 Å². The molecule has 1 radical (unpaired) electrons. The van der Waals surface area contributed by atoms with Crippen LogP contribution in [0.4, 0.5) is 4.79 Å². The third-order valence-electron chi connectivity index (χ3n) is 2.59. The molecule has 0 aliphatic rings. The monoisotopic (exact) mass is 263 g/mol. The Kier molecular flexibility index (Phi) is 7.27. The number of hydrogen-bond donors (Lipinski definition) is 1. The van der Waals surface area contributed by atoms with Crippen molar-refractivity contribution in [2.24, 2.45) is 0 Å². The Hall–Kier alpha value is -1.88. The Labute approximate surface area is 113 Å². The van der Waals surface area contributed by atoms with Crippen molar-refractivity contribution in [2.75, 3.05) is 6.54 Å². The van der Waals surface area contributed by atoms with Gasteiger partial charge in [0, 0.05) is 6.54 Å².